The molecule has 1 fully saturated rings. The number of H-pyrrole nitrogens is 1. The number of nitrogens with one attached hydrogen (secondary N) is 1. The van der Waals surface area contributed by atoms with Gasteiger partial charge in [-0.15, -0.1) is 0 Å². The van der Waals surface area contributed by atoms with E-state index in [0.29, 0.717) is 24.4 Å². The molecule has 0 atom stereocenters. The van der Waals surface area contributed by atoms with Gasteiger partial charge in [-0.3, -0.25) is 23.7 Å². The molecule has 0 bridgehead atoms. The van der Waals surface area contributed by atoms with Gasteiger partial charge >= 0.3 is 5.76 Å². The van der Waals surface area contributed by atoms with Crippen molar-refractivity contribution in [2.24, 2.45) is 0 Å². The van der Waals surface area contributed by atoms with Crippen LogP contribution in [0.4, 0.5) is 0 Å². The van der Waals surface area contributed by atoms with Crippen molar-refractivity contribution < 1.29 is 14.1 Å². The summed E-state index contributed by atoms with van der Waals surface area (Å²) in [6.45, 7) is 3.75. The maximum atomic E-state index is 14.2. The number of aromatic amines is 1. The Hall–Kier alpha value is -4.64. The second-order valence-corrected chi connectivity index (χ2v) is 11.1. The third kappa shape index (κ3) is 5.85. The van der Waals surface area contributed by atoms with Crippen molar-refractivity contribution >= 4 is 11.6 Å². The molecule has 222 valence electrons. The van der Waals surface area contributed by atoms with Crippen LogP contribution >= 0.6 is 0 Å². The van der Waals surface area contributed by atoms with E-state index in [1.165, 1.54) is 13.3 Å². The Bertz CT molecular complexity index is 1860. The molecule has 3 heterocycles. The van der Waals surface area contributed by atoms with Crippen LogP contribution in [0.25, 0.3) is 28.3 Å². The Morgan fingerprint density at radius 2 is 1.79 bits per heavy atom. The highest BCUT2D eigenvalue weighted by molar-refractivity contribution is 5.80. The Balaban J connectivity index is 1.32. The molecule has 1 saturated carbocycles. The number of hydrogen-bond acceptors (Lipinski definition) is 8. The van der Waals surface area contributed by atoms with Gasteiger partial charge in [0, 0.05) is 23.6 Å². The fraction of sp³-hybridized carbons (Fsp3) is 0.375. The van der Waals surface area contributed by atoms with Crippen molar-refractivity contribution in [2.45, 2.75) is 70.9 Å². The van der Waals surface area contributed by atoms with Gasteiger partial charge in [0.25, 0.3) is 5.56 Å². The predicted molar refractivity (Wildman–Crippen MR) is 160 cm³/mol. The molecule has 3 aromatic heterocycles. The first-order valence-electron chi connectivity index (χ1n) is 14.7. The second-order valence-electron chi connectivity index (χ2n) is 11.1. The monoisotopic (exact) mass is 582 g/mol. The van der Waals surface area contributed by atoms with Crippen LogP contribution in [-0.4, -0.2) is 47.8 Å². The second kappa shape index (κ2) is 12.3. The molecule has 11 nitrogen and oxygen atoms in total. The summed E-state index contributed by atoms with van der Waals surface area (Å²) < 4.78 is 14.1. The fourth-order valence-electron chi connectivity index (χ4n) is 6.08. The van der Waals surface area contributed by atoms with E-state index in [0.717, 1.165) is 65.6 Å². The zero-order valence-electron chi connectivity index (χ0n) is 24.3. The maximum Gasteiger partial charge on any atom is 0.439 e. The molecule has 1 aliphatic carbocycles. The van der Waals surface area contributed by atoms with E-state index in [2.05, 4.69) is 27.1 Å². The smallest absolute Gasteiger partial charge is 0.370 e. The average Bonchev–Trinajstić information content (AvgIpc) is 3.68. The van der Waals surface area contributed by atoms with Crippen molar-refractivity contribution in [3.05, 3.63) is 92.6 Å². The first-order chi connectivity index (χ1) is 20.9. The lowest BCUT2D eigenvalue weighted by atomic mass is 9.92. The zero-order chi connectivity index (χ0) is 29.9. The van der Waals surface area contributed by atoms with Gasteiger partial charge in [0.05, 0.1) is 11.8 Å². The molecule has 0 aliphatic heterocycles. The third-order valence-corrected chi connectivity index (χ3v) is 8.11. The number of rotatable bonds is 10. The van der Waals surface area contributed by atoms with Crippen LogP contribution in [0, 0.1) is 0 Å². The Morgan fingerprint density at radius 1 is 1.05 bits per heavy atom. The van der Waals surface area contributed by atoms with Gasteiger partial charge in [-0.2, -0.15) is 10.1 Å². The highest BCUT2D eigenvalue weighted by Gasteiger charge is 2.28. The van der Waals surface area contributed by atoms with Crippen molar-refractivity contribution in [1.82, 2.24) is 29.3 Å². The molecular weight excluding hydrogens is 548 g/mol. The van der Waals surface area contributed by atoms with Gasteiger partial charge in [0.1, 0.15) is 12.9 Å². The molecule has 5 aromatic rings. The molecular formula is C32H34N6O5. The normalized spacial score (nSPS) is 17.0. The molecule has 43 heavy (non-hydrogen) atoms. The van der Waals surface area contributed by atoms with E-state index in [4.69, 9.17) is 9.26 Å². The molecule has 0 saturated heterocycles. The molecule has 0 spiro atoms. The van der Waals surface area contributed by atoms with E-state index in [-0.39, 0.29) is 30.1 Å². The van der Waals surface area contributed by atoms with Crippen LogP contribution in [-0.2, 0) is 22.4 Å². The van der Waals surface area contributed by atoms with Gasteiger partial charge < -0.3 is 4.74 Å². The molecule has 6 rings (SSSR count). The van der Waals surface area contributed by atoms with E-state index >= 15 is 0 Å². The first-order valence-corrected chi connectivity index (χ1v) is 14.7. The fourth-order valence-corrected chi connectivity index (χ4v) is 6.08. The van der Waals surface area contributed by atoms with Crippen molar-refractivity contribution in [2.75, 3.05) is 6.61 Å². The summed E-state index contributed by atoms with van der Waals surface area (Å²) in [5, 5.41) is 8.39. The Morgan fingerprint density at radius 3 is 2.47 bits per heavy atom. The Kier molecular flexibility index (Phi) is 8.15. The number of hydrogen-bond donors (Lipinski definition) is 1. The van der Waals surface area contributed by atoms with Crippen molar-refractivity contribution in [3.63, 3.8) is 0 Å². The van der Waals surface area contributed by atoms with E-state index in [9.17, 15) is 14.4 Å². The van der Waals surface area contributed by atoms with E-state index in [1.54, 1.807) is 0 Å². The highest BCUT2D eigenvalue weighted by Crippen LogP contribution is 2.32. The van der Waals surface area contributed by atoms with Gasteiger partial charge in [-0.1, -0.05) is 67.0 Å². The SMILES string of the molecule is CCCc1c(Cc2ccc(-c3ccccc3-c3noc(=O)[nH]3)cc2)c(=O)n([C@H]2CC[C@H](OCC(C)=O)CC2)c2ncnn12. The first kappa shape index (κ1) is 28.5. The molecule has 0 radical (unpaired) electrons. The number of carbonyl (C=O) groups excluding carboxylic acids is 1. The maximum absolute atomic E-state index is 14.2. The summed E-state index contributed by atoms with van der Waals surface area (Å²) >= 11 is 0. The van der Waals surface area contributed by atoms with Crippen LogP contribution in [0.5, 0.6) is 0 Å². The summed E-state index contributed by atoms with van der Waals surface area (Å²) in [5.74, 6) is 0.355. The molecule has 0 amide bonds. The van der Waals surface area contributed by atoms with Crippen LogP contribution < -0.4 is 11.3 Å². The van der Waals surface area contributed by atoms with Crippen molar-refractivity contribution in [1.29, 1.82) is 0 Å². The van der Waals surface area contributed by atoms with Gasteiger partial charge in [-0.25, -0.2) is 9.31 Å². The standard InChI is InChI=1S/C32H34N6O5/c1-3-6-28-27(17-21-9-11-22(12-10-21)25-7-4-5-8-26(25)29-35-32(41)43-36-29)30(40)37(31-33-19-34-38(28)31)23-13-15-24(16-14-23)42-18-20(2)39/h4-5,7-12,19,23-24H,3,6,13-18H2,1-2H3,(H,35,36,41)/t23-,24-. The lowest BCUT2D eigenvalue weighted by Gasteiger charge is -2.30. The number of aryl methyl sites for hydroxylation is 1. The third-order valence-electron chi connectivity index (χ3n) is 8.11. The lowest BCUT2D eigenvalue weighted by molar-refractivity contribution is -0.124. The minimum absolute atomic E-state index is 0.0169. The minimum atomic E-state index is -0.604. The molecule has 2 aromatic carbocycles. The highest BCUT2D eigenvalue weighted by atomic mass is 16.5. The number of nitrogens with zero attached hydrogens (tertiary/aromatic N) is 5. The number of carbonyl (C=O) groups is 1. The summed E-state index contributed by atoms with van der Waals surface area (Å²) in [6, 6.07) is 15.7. The minimum Gasteiger partial charge on any atom is -0.370 e. The number of fused-ring (bicyclic) bond motifs is 1. The summed E-state index contributed by atoms with van der Waals surface area (Å²) in [7, 11) is 0. The van der Waals surface area contributed by atoms with Crippen LogP contribution in [0.15, 0.2) is 69.0 Å². The van der Waals surface area contributed by atoms with E-state index < -0.39 is 5.76 Å². The topological polar surface area (TPSA) is 137 Å². The Labute approximate surface area is 247 Å². The molecule has 0 unspecified atom stereocenters. The van der Waals surface area contributed by atoms with E-state index in [1.807, 2.05) is 57.6 Å². The van der Waals surface area contributed by atoms with Crippen LogP contribution in [0.3, 0.4) is 0 Å². The quantitative estimate of drug-likeness (QED) is 0.254. The summed E-state index contributed by atoms with van der Waals surface area (Å²) in [6.07, 6.45) is 6.66. The molecule has 1 aliphatic rings. The van der Waals surface area contributed by atoms with Gasteiger partial charge in [0.15, 0.2) is 11.6 Å². The lowest BCUT2D eigenvalue weighted by Crippen LogP contribution is -2.35. The number of Topliss-reactive ketones (excluding diaryl/α,β-unsaturated/α-hetero) is 1. The zero-order valence-corrected chi connectivity index (χ0v) is 24.3. The molecule has 1 N–H and O–H groups in total. The van der Waals surface area contributed by atoms with Gasteiger partial charge in [-0.05, 0) is 55.7 Å². The van der Waals surface area contributed by atoms with Gasteiger partial charge in [0.2, 0.25) is 5.78 Å². The number of benzene rings is 2. The predicted octanol–water partition coefficient (Wildman–Crippen LogP) is 4.53. The number of ketones is 1. The number of aromatic nitrogens is 6. The number of ether oxygens (including phenoxy) is 1. The summed E-state index contributed by atoms with van der Waals surface area (Å²) in [4.78, 5) is 44.3. The molecule has 11 heteroatoms. The summed E-state index contributed by atoms with van der Waals surface area (Å²) in [5.41, 5.74) is 5.19. The average molecular weight is 583 g/mol. The van der Waals surface area contributed by atoms with Crippen LogP contribution in [0.2, 0.25) is 0 Å². The largest absolute Gasteiger partial charge is 0.439 e. The van der Waals surface area contributed by atoms with Crippen LogP contribution in [0.1, 0.15) is 68.8 Å². The van der Waals surface area contributed by atoms with Crippen molar-refractivity contribution in [3.8, 4) is 22.5 Å².